The van der Waals surface area contributed by atoms with Gasteiger partial charge >= 0.3 is 12.1 Å². The van der Waals surface area contributed by atoms with Crippen molar-refractivity contribution in [2.45, 2.75) is 49.3 Å². The number of piperazine rings is 1. The average Bonchev–Trinajstić information content (AvgIpc) is 1.54. The molecule has 6 heterocycles. The fourth-order valence-electron chi connectivity index (χ4n) is 12.7. The monoisotopic (exact) mass is 1130 g/mol. The van der Waals surface area contributed by atoms with Crippen LogP contribution in [0.4, 0.5) is 16.2 Å². The highest BCUT2D eigenvalue weighted by Crippen LogP contribution is 2.67. The van der Waals surface area contributed by atoms with E-state index in [9.17, 15) is 15.2 Å². The van der Waals surface area contributed by atoms with E-state index in [1.807, 2.05) is 108 Å². The molecule has 13 rings (SSSR count). The molecule has 7 aromatic carbocycles. The third kappa shape index (κ3) is 9.47. The molecule has 3 amide bonds. The molecule has 84 heavy (non-hydrogen) atoms. The van der Waals surface area contributed by atoms with Gasteiger partial charge in [0.05, 0.1) is 40.7 Å². The van der Waals surface area contributed by atoms with Gasteiger partial charge in [0.1, 0.15) is 48.6 Å². The number of benzene rings is 7. The molecule has 0 aliphatic carbocycles. The van der Waals surface area contributed by atoms with Gasteiger partial charge in [0.2, 0.25) is 18.6 Å². The second-order valence-corrected chi connectivity index (χ2v) is 21.1. The molecular weight excluding hydrogens is 1070 g/mol. The van der Waals surface area contributed by atoms with Crippen LogP contribution < -0.4 is 19.1 Å². The Kier molecular flexibility index (Phi) is 14.3. The van der Waals surface area contributed by atoms with E-state index in [1.54, 1.807) is 52.0 Å². The number of fused-ring (bicyclic) bond motifs is 5. The fraction of sp³-hybridized carbons (Fsp3) is 0.250. The number of anilines is 1. The van der Waals surface area contributed by atoms with Crippen molar-refractivity contribution in [3.8, 4) is 29.1 Å². The van der Waals surface area contributed by atoms with Gasteiger partial charge in [-0.3, -0.25) is 34.3 Å². The van der Waals surface area contributed by atoms with Gasteiger partial charge in [-0.1, -0.05) is 114 Å². The topological polar surface area (TPSA) is 221 Å². The van der Waals surface area contributed by atoms with E-state index in [1.165, 1.54) is 24.3 Å². The van der Waals surface area contributed by atoms with Crippen molar-refractivity contribution in [1.29, 1.82) is 0 Å². The number of aliphatic hydroxyl groups is 1. The summed E-state index contributed by atoms with van der Waals surface area (Å²) in [6.07, 6.45) is -2.10. The number of nitro benzene ring substituents is 1. The minimum absolute atomic E-state index is 0.0794. The number of morpholine rings is 1. The molecule has 20 nitrogen and oxygen atoms in total. The van der Waals surface area contributed by atoms with Crippen molar-refractivity contribution in [1.82, 2.24) is 29.7 Å². The molecule has 20 heteroatoms. The van der Waals surface area contributed by atoms with Crippen LogP contribution in [-0.2, 0) is 49.0 Å². The molecule has 5 aliphatic heterocycles. The Morgan fingerprint density at radius 2 is 1.49 bits per heavy atom. The molecular formula is C64H54N8O12. The molecule has 1 spiro atoms. The first kappa shape index (κ1) is 53.4. The average molecular weight is 1130 g/mol. The fourth-order valence-corrected chi connectivity index (χ4v) is 12.7. The first-order valence-electron chi connectivity index (χ1n) is 27.6. The number of non-ortho nitro benzene ring substituents is 1. The van der Waals surface area contributed by atoms with E-state index in [2.05, 4.69) is 27.1 Å². The number of hydrogen-bond acceptors (Lipinski definition) is 16. The number of cyclic esters (lactones) is 1. The number of hydrogen-bond donors (Lipinski definition) is 1. The molecule has 0 saturated carbocycles. The highest BCUT2D eigenvalue weighted by Gasteiger charge is 2.76. The Hall–Kier alpha value is -9.94. The summed E-state index contributed by atoms with van der Waals surface area (Å²) in [4.78, 5) is 82.7. The molecule has 0 radical (unpaired) electrons. The first-order chi connectivity index (χ1) is 41.1. The lowest BCUT2D eigenvalue weighted by molar-refractivity contribution is -0.384. The van der Waals surface area contributed by atoms with Gasteiger partial charge in [-0.2, -0.15) is 0 Å². The van der Waals surface area contributed by atoms with Gasteiger partial charge in [-0.15, -0.1) is 5.10 Å². The highest BCUT2D eigenvalue weighted by molar-refractivity contribution is 6.23. The second-order valence-electron chi connectivity index (χ2n) is 21.1. The lowest BCUT2D eigenvalue weighted by atomic mass is 9.64. The molecule has 0 bridgehead atoms. The number of imide groups is 1. The van der Waals surface area contributed by atoms with Gasteiger partial charge in [0, 0.05) is 56.0 Å². The Bertz CT molecular complexity index is 3920. The number of para-hydroxylation sites is 2. The Morgan fingerprint density at radius 3 is 2.26 bits per heavy atom. The van der Waals surface area contributed by atoms with Crippen molar-refractivity contribution in [3.05, 3.63) is 219 Å². The number of ether oxygens (including phenoxy) is 5. The number of amides is 3. The molecule has 6 atom stereocenters. The van der Waals surface area contributed by atoms with Crippen LogP contribution in [0.15, 0.2) is 170 Å². The largest absolute Gasteiger partial charge is 0.491 e. The smallest absolute Gasteiger partial charge is 0.421 e. The predicted octanol–water partition coefficient (Wildman–Crippen LogP) is 7.84. The maximum absolute atomic E-state index is 17.1. The third-order valence-corrected chi connectivity index (χ3v) is 16.4. The summed E-state index contributed by atoms with van der Waals surface area (Å²) in [5.74, 6) is 4.31. The predicted molar refractivity (Wildman–Crippen MR) is 303 cm³/mol. The summed E-state index contributed by atoms with van der Waals surface area (Å²) in [7, 11) is 0. The number of rotatable bonds is 13. The summed E-state index contributed by atoms with van der Waals surface area (Å²) in [6.45, 7) is 1.17. The van der Waals surface area contributed by atoms with Crippen LogP contribution in [0.5, 0.6) is 17.2 Å². The van der Waals surface area contributed by atoms with Crippen LogP contribution in [-0.4, -0.2) is 116 Å². The van der Waals surface area contributed by atoms with Crippen LogP contribution in [0.2, 0.25) is 0 Å². The molecule has 0 unspecified atom stereocenters. The standard InChI is InChI=1S/C64H54N8O12/c73-34-35-80-52-20-10-7-17-47(52)59-64(48-36-41(12-11-29-69-51-19-9-8-18-49(51)65-66-69)23-27-50(48)70(62(64)76)63(77)81-39-42-21-25-46(26-22-42)72(78)79)55(60(74)68-32-30-67(31-33-68)38-43-24-28-53-54(37-43)83-40-82-53)57-61(75)84-58(45-15-5-2-6-16-45)56(71(57)59)44-13-3-1-4-14-44/h1-10,13-28,36-37,55-59,73H,29-35,38-40H2/t55-,56-,57-,58+,59+,64-/m1/s1. The number of carbonyl (C=O) groups excluding carboxylic acids is 4. The summed E-state index contributed by atoms with van der Waals surface area (Å²) < 4.78 is 32.1. The Morgan fingerprint density at radius 1 is 0.774 bits per heavy atom. The second kappa shape index (κ2) is 22.4. The molecule has 422 valence electrons. The lowest BCUT2D eigenvalue weighted by Crippen LogP contribution is -2.59. The first-order valence-corrected chi connectivity index (χ1v) is 27.6. The SMILES string of the molecule is O=C1O[C@@H](c2ccccc2)[C@@H](c2ccccc2)N2[C@@H](c3ccccc3OCCO)[C@]3(C(=O)N(C(=O)OCc4ccc([N+](=O)[O-])cc4)c4ccc(C#CCn5nnc6ccccc65)cc43)[C@@H](C(=O)N3CCN(Cc4ccc5c(c4)OCO5)CC3)[C@H]12. The van der Waals surface area contributed by atoms with E-state index in [0.29, 0.717) is 64.5 Å². The normalized spacial score (nSPS) is 21.6. The quantitative estimate of drug-likeness (QED) is 0.0503. The minimum Gasteiger partial charge on any atom is -0.491 e. The highest BCUT2D eigenvalue weighted by atomic mass is 16.7. The van der Waals surface area contributed by atoms with Crippen molar-refractivity contribution < 1.29 is 52.9 Å². The molecule has 3 fully saturated rings. The van der Waals surface area contributed by atoms with E-state index in [-0.39, 0.29) is 68.9 Å². The van der Waals surface area contributed by atoms with Crippen LogP contribution in [0.25, 0.3) is 11.0 Å². The summed E-state index contributed by atoms with van der Waals surface area (Å²) in [6, 6.07) is 45.8. The number of nitrogens with zero attached hydrogens (tertiary/aromatic N) is 8. The molecule has 8 aromatic rings. The zero-order chi connectivity index (χ0) is 57.5. The van der Waals surface area contributed by atoms with Crippen molar-refractivity contribution in [2.24, 2.45) is 5.92 Å². The van der Waals surface area contributed by atoms with Gasteiger partial charge in [-0.05, 0) is 88.5 Å². The van der Waals surface area contributed by atoms with Crippen molar-refractivity contribution in [3.63, 3.8) is 0 Å². The Balaban J connectivity index is 1.00. The zero-order valence-electron chi connectivity index (χ0n) is 45.1. The van der Waals surface area contributed by atoms with E-state index >= 15 is 19.2 Å². The summed E-state index contributed by atoms with van der Waals surface area (Å²) in [5.41, 5.74) is 2.93. The maximum Gasteiger partial charge on any atom is 0.421 e. The number of nitro groups is 1. The van der Waals surface area contributed by atoms with E-state index in [4.69, 9.17) is 23.7 Å². The zero-order valence-corrected chi connectivity index (χ0v) is 45.1. The summed E-state index contributed by atoms with van der Waals surface area (Å²) in [5, 5.41) is 30.5. The molecule has 1 N–H and O–H groups in total. The summed E-state index contributed by atoms with van der Waals surface area (Å²) >= 11 is 0. The van der Waals surface area contributed by atoms with Crippen LogP contribution in [0.3, 0.4) is 0 Å². The molecule has 1 aromatic heterocycles. The van der Waals surface area contributed by atoms with Crippen molar-refractivity contribution >= 4 is 46.3 Å². The van der Waals surface area contributed by atoms with E-state index in [0.717, 1.165) is 16.0 Å². The molecule has 3 saturated heterocycles. The van der Waals surface area contributed by atoms with Gasteiger partial charge < -0.3 is 33.7 Å². The number of aliphatic hydroxyl groups excluding tert-OH is 1. The van der Waals surface area contributed by atoms with Crippen LogP contribution in [0.1, 0.15) is 57.1 Å². The minimum atomic E-state index is -2.19. The Labute approximate surface area is 481 Å². The number of carbonyl (C=O) groups is 4. The van der Waals surface area contributed by atoms with Crippen molar-refractivity contribution in [2.75, 3.05) is 51.1 Å². The maximum atomic E-state index is 17.1. The third-order valence-electron chi connectivity index (χ3n) is 16.4. The number of aromatic nitrogens is 3. The van der Waals surface area contributed by atoms with Crippen LogP contribution >= 0.6 is 0 Å². The molecule has 5 aliphatic rings. The van der Waals surface area contributed by atoms with Gasteiger partial charge in [0.15, 0.2) is 11.5 Å². The van der Waals surface area contributed by atoms with Crippen LogP contribution in [0, 0.1) is 27.9 Å². The van der Waals surface area contributed by atoms with E-state index < -0.39 is 64.4 Å². The lowest BCUT2D eigenvalue weighted by Gasteiger charge is -2.46. The van der Waals surface area contributed by atoms with Gasteiger partial charge in [-0.25, -0.2) is 14.4 Å². The van der Waals surface area contributed by atoms with Gasteiger partial charge in [0.25, 0.3) is 5.69 Å². The number of esters is 1.